The summed E-state index contributed by atoms with van der Waals surface area (Å²) in [5.41, 5.74) is 0.287. The quantitative estimate of drug-likeness (QED) is 0.876. The first-order valence-electron chi connectivity index (χ1n) is 8.00. The van der Waals surface area contributed by atoms with E-state index in [9.17, 15) is 4.79 Å². The average molecular weight is 323 g/mol. The zero-order valence-electron chi connectivity index (χ0n) is 12.9. The van der Waals surface area contributed by atoms with Crippen molar-refractivity contribution in [3.8, 4) is 5.75 Å². The van der Waals surface area contributed by atoms with Gasteiger partial charge in [0.15, 0.2) is 0 Å². The molecule has 3 rings (SSSR count). The van der Waals surface area contributed by atoms with Crippen LogP contribution >= 0.6 is 11.6 Å². The summed E-state index contributed by atoms with van der Waals surface area (Å²) >= 11 is 5.85. The van der Waals surface area contributed by atoms with E-state index in [1.54, 1.807) is 12.1 Å². The Labute approximate surface area is 136 Å². The molecule has 2 atom stereocenters. The van der Waals surface area contributed by atoms with Crippen molar-refractivity contribution in [3.05, 3.63) is 29.3 Å². The van der Waals surface area contributed by atoms with Gasteiger partial charge in [-0.2, -0.15) is 0 Å². The van der Waals surface area contributed by atoms with Gasteiger partial charge < -0.3 is 15.4 Å². The Morgan fingerprint density at radius 2 is 2.09 bits per heavy atom. The summed E-state index contributed by atoms with van der Waals surface area (Å²) in [4.78, 5) is 12.3. The number of nitrogens with one attached hydrogen (secondary N) is 2. The molecule has 0 aromatic heterocycles. The van der Waals surface area contributed by atoms with Crippen LogP contribution in [0.2, 0.25) is 5.02 Å². The molecule has 120 valence electrons. The second kappa shape index (κ2) is 6.47. The van der Waals surface area contributed by atoms with Crippen molar-refractivity contribution in [3.63, 3.8) is 0 Å². The lowest BCUT2D eigenvalue weighted by Crippen LogP contribution is -2.37. The first kappa shape index (κ1) is 15.6. The Morgan fingerprint density at radius 1 is 1.41 bits per heavy atom. The SMILES string of the molecule is CC(CNC(=O)C1CC12CCNCC2)Oc1ccc(Cl)cc1. The molecule has 2 N–H and O–H groups in total. The van der Waals surface area contributed by atoms with Crippen molar-refractivity contribution in [2.45, 2.75) is 32.3 Å². The molecule has 1 aliphatic carbocycles. The van der Waals surface area contributed by atoms with Gasteiger partial charge in [-0.3, -0.25) is 4.79 Å². The molecule has 1 amide bonds. The normalized spacial score (nSPS) is 23.8. The van der Waals surface area contributed by atoms with Crippen molar-refractivity contribution in [2.75, 3.05) is 19.6 Å². The first-order chi connectivity index (χ1) is 10.6. The van der Waals surface area contributed by atoms with Gasteiger partial charge in [0.25, 0.3) is 0 Å². The summed E-state index contributed by atoms with van der Waals surface area (Å²) < 4.78 is 5.77. The molecule has 5 heteroatoms. The molecular formula is C17H23ClN2O2. The minimum atomic E-state index is -0.0622. The lowest BCUT2D eigenvalue weighted by molar-refractivity contribution is -0.123. The van der Waals surface area contributed by atoms with Crippen LogP contribution in [0.5, 0.6) is 5.75 Å². The van der Waals surface area contributed by atoms with Crippen molar-refractivity contribution in [2.24, 2.45) is 11.3 Å². The molecule has 2 unspecified atom stereocenters. The van der Waals surface area contributed by atoms with Crippen molar-refractivity contribution < 1.29 is 9.53 Å². The van der Waals surface area contributed by atoms with Crippen molar-refractivity contribution in [1.82, 2.24) is 10.6 Å². The second-order valence-corrected chi connectivity index (χ2v) is 6.93. The van der Waals surface area contributed by atoms with E-state index in [4.69, 9.17) is 16.3 Å². The minimum absolute atomic E-state index is 0.0622. The monoisotopic (exact) mass is 322 g/mol. The second-order valence-electron chi connectivity index (χ2n) is 6.50. The summed E-state index contributed by atoms with van der Waals surface area (Å²) in [7, 11) is 0. The molecule has 1 aromatic rings. The van der Waals surface area contributed by atoms with Crippen molar-refractivity contribution >= 4 is 17.5 Å². The molecule has 1 saturated heterocycles. The zero-order valence-corrected chi connectivity index (χ0v) is 13.7. The molecule has 1 aliphatic heterocycles. The number of amides is 1. The Kier molecular flexibility index (Phi) is 4.59. The third kappa shape index (κ3) is 3.55. The van der Waals surface area contributed by atoms with E-state index in [2.05, 4.69) is 10.6 Å². The fourth-order valence-corrected chi connectivity index (χ4v) is 3.48. The highest BCUT2D eigenvalue weighted by molar-refractivity contribution is 6.30. The summed E-state index contributed by atoms with van der Waals surface area (Å²) in [6, 6.07) is 7.28. The Hall–Kier alpha value is -1.26. The van der Waals surface area contributed by atoms with Gasteiger partial charge in [-0.05, 0) is 69.0 Å². The van der Waals surface area contributed by atoms with Gasteiger partial charge in [0.2, 0.25) is 5.91 Å². The maximum Gasteiger partial charge on any atom is 0.223 e. The highest BCUT2D eigenvalue weighted by Gasteiger charge is 2.57. The molecule has 2 aliphatic rings. The molecule has 1 spiro atoms. The van der Waals surface area contributed by atoms with Crippen LogP contribution < -0.4 is 15.4 Å². The van der Waals surface area contributed by atoms with Gasteiger partial charge in [0.1, 0.15) is 11.9 Å². The van der Waals surface area contributed by atoms with E-state index >= 15 is 0 Å². The van der Waals surface area contributed by atoms with Crippen LogP contribution in [0.3, 0.4) is 0 Å². The number of piperidine rings is 1. The minimum Gasteiger partial charge on any atom is -0.489 e. The molecule has 4 nitrogen and oxygen atoms in total. The van der Waals surface area contributed by atoms with Crippen LogP contribution in [-0.2, 0) is 4.79 Å². The summed E-state index contributed by atoms with van der Waals surface area (Å²) in [5.74, 6) is 1.16. The average Bonchev–Trinajstić information content (AvgIpc) is 3.21. The van der Waals surface area contributed by atoms with E-state index in [0.29, 0.717) is 11.6 Å². The third-order valence-electron chi connectivity index (χ3n) is 4.82. The number of rotatable bonds is 5. The van der Waals surface area contributed by atoms with Crippen LogP contribution in [0, 0.1) is 11.3 Å². The number of ether oxygens (including phenoxy) is 1. The number of carbonyl (C=O) groups excluding carboxylic acids is 1. The Morgan fingerprint density at radius 3 is 2.77 bits per heavy atom. The van der Waals surface area contributed by atoms with Crippen LogP contribution in [0.1, 0.15) is 26.2 Å². The summed E-state index contributed by atoms with van der Waals surface area (Å²) in [6.07, 6.45) is 3.24. The van der Waals surface area contributed by atoms with E-state index < -0.39 is 0 Å². The smallest absolute Gasteiger partial charge is 0.223 e. The predicted octanol–water partition coefficient (Wildman–Crippen LogP) is 2.61. The van der Waals surface area contributed by atoms with Gasteiger partial charge in [-0.1, -0.05) is 11.6 Å². The zero-order chi connectivity index (χ0) is 15.6. The maximum atomic E-state index is 12.3. The fraction of sp³-hybridized carbons (Fsp3) is 0.588. The number of hydrogen-bond donors (Lipinski definition) is 2. The third-order valence-corrected chi connectivity index (χ3v) is 5.07. The highest BCUT2D eigenvalue weighted by atomic mass is 35.5. The lowest BCUT2D eigenvalue weighted by Gasteiger charge is -2.23. The van der Waals surface area contributed by atoms with Crippen LogP contribution in [-0.4, -0.2) is 31.6 Å². The topological polar surface area (TPSA) is 50.4 Å². The standard InChI is InChI=1S/C17H23ClN2O2/c1-12(22-14-4-2-13(18)3-5-14)11-20-16(21)15-10-17(15)6-8-19-9-7-17/h2-5,12,15,19H,6-11H2,1H3,(H,20,21). The predicted molar refractivity (Wildman–Crippen MR) is 87.2 cm³/mol. The Bertz CT molecular complexity index is 526. The fourth-order valence-electron chi connectivity index (χ4n) is 3.35. The molecule has 1 heterocycles. The first-order valence-corrected chi connectivity index (χ1v) is 8.37. The van der Waals surface area contributed by atoms with Crippen LogP contribution in [0.4, 0.5) is 0 Å². The number of benzene rings is 1. The van der Waals surface area contributed by atoms with Gasteiger partial charge in [-0.15, -0.1) is 0 Å². The molecule has 0 radical (unpaired) electrons. The van der Waals surface area contributed by atoms with Gasteiger partial charge in [0.05, 0.1) is 6.54 Å². The van der Waals surface area contributed by atoms with E-state index in [1.165, 1.54) is 0 Å². The molecular weight excluding hydrogens is 300 g/mol. The summed E-state index contributed by atoms with van der Waals surface area (Å²) in [6.45, 7) is 4.58. The molecule has 0 bridgehead atoms. The van der Waals surface area contributed by atoms with E-state index in [-0.39, 0.29) is 23.3 Å². The number of halogens is 1. The number of hydrogen-bond acceptors (Lipinski definition) is 3. The largest absolute Gasteiger partial charge is 0.489 e. The van der Waals surface area contributed by atoms with Gasteiger partial charge >= 0.3 is 0 Å². The van der Waals surface area contributed by atoms with Crippen LogP contribution in [0.25, 0.3) is 0 Å². The summed E-state index contributed by atoms with van der Waals surface area (Å²) in [5, 5.41) is 7.09. The number of carbonyl (C=O) groups is 1. The van der Waals surface area contributed by atoms with E-state index in [0.717, 1.165) is 38.1 Å². The van der Waals surface area contributed by atoms with Crippen molar-refractivity contribution in [1.29, 1.82) is 0 Å². The van der Waals surface area contributed by atoms with Crippen LogP contribution in [0.15, 0.2) is 24.3 Å². The molecule has 2 fully saturated rings. The molecule has 1 aromatic carbocycles. The van der Waals surface area contributed by atoms with Gasteiger partial charge in [0, 0.05) is 10.9 Å². The molecule has 1 saturated carbocycles. The van der Waals surface area contributed by atoms with Gasteiger partial charge in [-0.25, -0.2) is 0 Å². The lowest BCUT2D eigenvalue weighted by atomic mass is 9.92. The maximum absolute atomic E-state index is 12.3. The highest BCUT2D eigenvalue weighted by Crippen LogP contribution is 2.58. The van der Waals surface area contributed by atoms with E-state index in [1.807, 2.05) is 19.1 Å². The molecule has 22 heavy (non-hydrogen) atoms. The Balaban J connectivity index is 1.42.